The molecule has 0 bridgehead atoms. The summed E-state index contributed by atoms with van der Waals surface area (Å²) in [5, 5.41) is 31.5. The summed E-state index contributed by atoms with van der Waals surface area (Å²) >= 11 is 0. The summed E-state index contributed by atoms with van der Waals surface area (Å²) < 4.78 is 0. The molecule has 11 heteroatoms. The summed E-state index contributed by atoms with van der Waals surface area (Å²) in [4.78, 5) is 47.8. The van der Waals surface area contributed by atoms with Gasteiger partial charge in [-0.2, -0.15) is 0 Å². The van der Waals surface area contributed by atoms with E-state index >= 15 is 0 Å². The predicted octanol–water partition coefficient (Wildman–Crippen LogP) is 6.93. The van der Waals surface area contributed by atoms with E-state index in [0.29, 0.717) is 17.7 Å². The molecule has 0 saturated heterocycles. The number of nitrogens with zero attached hydrogens (tertiary/aromatic N) is 2. The van der Waals surface area contributed by atoms with Crippen LogP contribution in [0, 0.1) is 20.2 Å². The summed E-state index contributed by atoms with van der Waals surface area (Å²) in [5.74, 6) is -0.767. The minimum Gasteiger partial charge on any atom is -0.343 e. The second-order valence-corrected chi connectivity index (χ2v) is 10.1. The van der Waals surface area contributed by atoms with Gasteiger partial charge in [0.15, 0.2) is 0 Å². The van der Waals surface area contributed by atoms with Crippen LogP contribution < -0.4 is 16.0 Å². The number of carbonyl (C=O) groups is 2. The third-order valence-electron chi connectivity index (χ3n) is 6.93. The molecule has 43 heavy (non-hydrogen) atoms. The number of non-ortho nitro benzene ring substituents is 2. The Kier molecular flexibility index (Phi) is 12.8. The highest BCUT2D eigenvalue weighted by Gasteiger charge is 2.29. The lowest BCUT2D eigenvalue weighted by Crippen LogP contribution is -2.44. The first-order valence-electron chi connectivity index (χ1n) is 14.3. The smallest absolute Gasteiger partial charge is 0.315 e. The monoisotopic (exact) mass is 587 g/mol. The number of nitro groups is 2. The van der Waals surface area contributed by atoms with Gasteiger partial charge in [-0.05, 0) is 30.4 Å². The molecule has 3 N–H and O–H groups in total. The Morgan fingerprint density at radius 2 is 1.21 bits per heavy atom. The molecule has 0 aliphatic rings. The number of urea groups is 1. The van der Waals surface area contributed by atoms with Crippen molar-refractivity contribution >= 4 is 23.3 Å². The lowest BCUT2D eigenvalue weighted by atomic mass is 9.93. The van der Waals surface area contributed by atoms with Crippen LogP contribution in [0.1, 0.15) is 78.5 Å². The Bertz CT molecular complexity index is 1350. The summed E-state index contributed by atoms with van der Waals surface area (Å²) in [6.07, 6.45) is 9.31. The van der Waals surface area contributed by atoms with Gasteiger partial charge in [-0.3, -0.25) is 25.0 Å². The van der Waals surface area contributed by atoms with Crippen LogP contribution in [-0.2, 0) is 0 Å². The number of allylic oxidation sites excluding steroid dienone is 1. The number of benzene rings is 3. The van der Waals surface area contributed by atoms with Gasteiger partial charge in [0, 0.05) is 18.7 Å². The van der Waals surface area contributed by atoms with Crippen LogP contribution in [0.3, 0.4) is 0 Å². The lowest BCUT2D eigenvalue weighted by Gasteiger charge is -2.30. The minimum absolute atomic E-state index is 0.248. The van der Waals surface area contributed by atoms with Gasteiger partial charge in [0.05, 0.1) is 33.6 Å². The van der Waals surface area contributed by atoms with Crippen molar-refractivity contribution in [1.82, 2.24) is 16.0 Å². The normalized spacial score (nSPS) is 12.0. The predicted molar refractivity (Wildman–Crippen MR) is 165 cm³/mol. The Morgan fingerprint density at radius 1 is 0.721 bits per heavy atom. The zero-order valence-electron chi connectivity index (χ0n) is 23.9. The number of hydrogen-bond donors (Lipinski definition) is 3. The zero-order chi connectivity index (χ0) is 31.0. The standard InChI is InChI=1S/C32H37N5O6/c1-2-3-4-5-6-7-8-15-20-33-32(39)35-30(25-18-13-10-14-19-25)29(24-16-11-9-12-17-24)34-31(38)26-21-27(36(40)41)23-28(22-26)37(42)43/h2,9-14,16-19,21-23,29-30H,1,3-8,15,20H2,(H,34,38)(H2,33,35,39)/t29?,30-/m1/s1. The molecule has 226 valence electrons. The fourth-order valence-corrected chi connectivity index (χ4v) is 4.72. The number of unbranched alkanes of at least 4 members (excludes halogenated alkanes) is 6. The van der Waals surface area contributed by atoms with Crippen LogP contribution in [0.2, 0.25) is 0 Å². The lowest BCUT2D eigenvalue weighted by molar-refractivity contribution is -0.394. The Balaban J connectivity index is 1.80. The van der Waals surface area contributed by atoms with Crippen molar-refractivity contribution in [3.05, 3.63) is 128 Å². The molecule has 0 radical (unpaired) electrons. The van der Waals surface area contributed by atoms with E-state index < -0.39 is 45.2 Å². The van der Waals surface area contributed by atoms with Crippen molar-refractivity contribution in [2.45, 2.75) is 57.0 Å². The molecule has 0 aliphatic carbocycles. The number of nitrogens with one attached hydrogen (secondary N) is 3. The van der Waals surface area contributed by atoms with Crippen molar-refractivity contribution < 1.29 is 19.4 Å². The first-order valence-corrected chi connectivity index (χ1v) is 14.3. The minimum atomic E-state index is -0.823. The van der Waals surface area contributed by atoms with Crippen LogP contribution in [0.15, 0.2) is 91.5 Å². The van der Waals surface area contributed by atoms with E-state index in [1.54, 1.807) is 24.3 Å². The van der Waals surface area contributed by atoms with Gasteiger partial charge in [0.2, 0.25) is 0 Å². The first kappa shape index (κ1) is 32.5. The Morgan fingerprint density at radius 3 is 1.72 bits per heavy atom. The summed E-state index contributed by atoms with van der Waals surface area (Å²) in [5.41, 5.74) is -0.0469. The van der Waals surface area contributed by atoms with E-state index in [2.05, 4.69) is 22.5 Å². The third-order valence-corrected chi connectivity index (χ3v) is 6.93. The quantitative estimate of drug-likeness (QED) is 0.0672. The molecule has 0 saturated carbocycles. The molecule has 3 aromatic rings. The number of carbonyl (C=O) groups excluding carboxylic acids is 2. The average Bonchev–Trinajstić information content (AvgIpc) is 3.02. The molecule has 11 nitrogen and oxygen atoms in total. The van der Waals surface area contributed by atoms with Crippen LogP contribution in [0.25, 0.3) is 0 Å². The molecule has 0 aliphatic heterocycles. The van der Waals surface area contributed by atoms with Gasteiger partial charge in [-0.1, -0.05) is 92.4 Å². The van der Waals surface area contributed by atoms with E-state index in [-0.39, 0.29) is 5.56 Å². The number of rotatable bonds is 17. The second kappa shape index (κ2) is 17.0. The number of amides is 3. The van der Waals surface area contributed by atoms with Gasteiger partial charge in [0.25, 0.3) is 17.3 Å². The van der Waals surface area contributed by atoms with Gasteiger partial charge in [-0.25, -0.2) is 4.79 Å². The average molecular weight is 588 g/mol. The van der Waals surface area contributed by atoms with E-state index in [1.807, 2.05) is 42.5 Å². The molecular weight excluding hydrogens is 550 g/mol. The van der Waals surface area contributed by atoms with E-state index in [0.717, 1.165) is 63.1 Å². The van der Waals surface area contributed by atoms with Crippen molar-refractivity contribution in [2.24, 2.45) is 0 Å². The molecule has 3 aromatic carbocycles. The SMILES string of the molecule is C=CCCCCCCCCNC(=O)N[C@H](c1ccccc1)C(NC(=O)c1cc([N+](=O)[O-])cc([N+](=O)[O-])c1)c1ccccc1. The summed E-state index contributed by atoms with van der Waals surface area (Å²) in [6.45, 7) is 4.22. The maximum atomic E-state index is 13.5. The fourth-order valence-electron chi connectivity index (χ4n) is 4.72. The highest BCUT2D eigenvalue weighted by Crippen LogP contribution is 2.30. The van der Waals surface area contributed by atoms with Gasteiger partial charge in [-0.15, -0.1) is 6.58 Å². The fraction of sp³-hybridized carbons (Fsp3) is 0.312. The molecule has 0 spiro atoms. The maximum absolute atomic E-state index is 13.5. The van der Waals surface area contributed by atoms with Crippen molar-refractivity contribution in [3.63, 3.8) is 0 Å². The molecule has 3 rings (SSSR count). The largest absolute Gasteiger partial charge is 0.343 e. The number of nitro benzene ring substituents is 2. The highest BCUT2D eigenvalue weighted by atomic mass is 16.6. The van der Waals surface area contributed by atoms with Crippen molar-refractivity contribution in [2.75, 3.05) is 6.54 Å². The zero-order valence-corrected chi connectivity index (χ0v) is 23.9. The summed E-state index contributed by atoms with van der Waals surface area (Å²) in [7, 11) is 0. The Hall–Kier alpha value is -5.06. The van der Waals surface area contributed by atoms with Gasteiger partial charge in [0.1, 0.15) is 0 Å². The van der Waals surface area contributed by atoms with E-state index in [4.69, 9.17) is 0 Å². The van der Waals surface area contributed by atoms with Crippen LogP contribution >= 0.6 is 0 Å². The molecule has 3 amide bonds. The molecular formula is C32H37N5O6. The Labute approximate surface area is 250 Å². The molecule has 0 heterocycles. The van der Waals surface area contributed by atoms with Crippen LogP contribution in [0.5, 0.6) is 0 Å². The third kappa shape index (κ3) is 10.4. The molecule has 2 atom stereocenters. The topological polar surface area (TPSA) is 157 Å². The number of hydrogen-bond acceptors (Lipinski definition) is 6. The molecule has 0 aromatic heterocycles. The van der Waals surface area contributed by atoms with E-state index in [9.17, 15) is 29.8 Å². The molecule has 1 unspecified atom stereocenters. The maximum Gasteiger partial charge on any atom is 0.315 e. The van der Waals surface area contributed by atoms with Gasteiger partial charge < -0.3 is 16.0 Å². The second-order valence-electron chi connectivity index (χ2n) is 10.1. The summed E-state index contributed by atoms with van der Waals surface area (Å²) in [6, 6.07) is 18.8. The van der Waals surface area contributed by atoms with Crippen LogP contribution in [-0.4, -0.2) is 28.3 Å². The highest BCUT2D eigenvalue weighted by molar-refractivity contribution is 5.96. The van der Waals surface area contributed by atoms with Crippen molar-refractivity contribution in [1.29, 1.82) is 0 Å². The van der Waals surface area contributed by atoms with Crippen LogP contribution in [0.4, 0.5) is 16.2 Å². The van der Waals surface area contributed by atoms with E-state index in [1.165, 1.54) is 0 Å². The van der Waals surface area contributed by atoms with Crippen molar-refractivity contribution in [3.8, 4) is 0 Å². The first-order chi connectivity index (χ1) is 20.8. The van der Waals surface area contributed by atoms with Gasteiger partial charge >= 0.3 is 6.03 Å². The molecule has 0 fully saturated rings.